The van der Waals surface area contributed by atoms with E-state index in [0.717, 1.165) is 19.5 Å². The highest BCUT2D eigenvalue weighted by Gasteiger charge is 2.27. The van der Waals surface area contributed by atoms with E-state index in [4.69, 9.17) is 5.73 Å². The molecule has 106 valence electrons. The van der Waals surface area contributed by atoms with Crippen molar-refractivity contribution < 1.29 is 0 Å². The minimum absolute atomic E-state index is 0.00262. The van der Waals surface area contributed by atoms with Crippen LogP contribution in [0.4, 0.5) is 5.82 Å². The Balaban J connectivity index is 2.28. The van der Waals surface area contributed by atoms with Crippen LogP contribution in [0.5, 0.6) is 0 Å². The van der Waals surface area contributed by atoms with Gasteiger partial charge in [0.1, 0.15) is 0 Å². The van der Waals surface area contributed by atoms with Gasteiger partial charge in [-0.15, -0.1) is 0 Å². The molecule has 2 atom stereocenters. The molecule has 1 aliphatic rings. The molecule has 1 aromatic rings. The van der Waals surface area contributed by atoms with Crippen LogP contribution < -0.4 is 16.2 Å². The predicted molar refractivity (Wildman–Crippen MR) is 77.4 cm³/mol. The second-order valence-corrected chi connectivity index (χ2v) is 5.76. The molecule has 5 nitrogen and oxygen atoms in total. The van der Waals surface area contributed by atoms with Crippen LogP contribution in [0.15, 0.2) is 17.2 Å². The van der Waals surface area contributed by atoms with Crippen molar-refractivity contribution in [3.8, 4) is 0 Å². The Hall–Kier alpha value is -1.36. The molecule has 2 heterocycles. The molecule has 1 fully saturated rings. The zero-order valence-corrected chi connectivity index (χ0v) is 12.0. The number of hydrogen-bond acceptors (Lipinski definition) is 4. The molecule has 1 aliphatic heterocycles. The monoisotopic (exact) mass is 264 g/mol. The van der Waals surface area contributed by atoms with Crippen molar-refractivity contribution in [2.45, 2.75) is 33.2 Å². The lowest BCUT2D eigenvalue weighted by molar-refractivity contribution is 0.306. The molecule has 0 saturated carbocycles. The number of piperidine rings is 1. The molecule has 1 saturated heterocycles. The highest BCUT2D eigenvalue weighted by molar-refractivity contribution is 5.36. The van der Waals surface area contributed by atoms with Crippen LogP contribution >= 0.6 is 0 Å². The summed E-state index contributed by atoms with van der Waals surface area (Å²) in [6.45, 7) is 8.64. The van der Waals surface area contributed by atoms with Crippen LogP contribution in [0.3, 0.4) is 0 Å². The van der Waals surface area contributed by atoms with Crippen LogP contribution in [0.1, 0.15) is 33.2 Å². The maximum absolute atomic E-state index is 12.4. The van der Waals surface area contributed by atoms with Gasteiger partial charge >= 0.3 is 0 Å². The molecule has 5 heteroatoms. The largest absolute Gasteiger partial charge is 0.352 e. The number of anilines is 1. The minimum atomic E-state index is 0.00262. The zero-order chi connectivity index (χ0) is 14.0. The fourth-order valence-corrected chi connectivity index (χ4v) is 2.69. The molecule has 0 radical (unpaired) electrons. The van der Waals surface area contributed by atoms with Gasteiger partial charge in [-0.05, 0) is 38.6 Å². The first-order valence-corrected chi connectivity index (χ1v) is 7.06. The van der Waals surface area contributed by atoms with Crippen molar-refractivity contribution in [3.63, 3.8) is 0 Å². The Kier molecular flexibility index (Phi) is 4.24. The Morgan fingerprint density at radius 1 is 1.53 bits per heavy atom. The third-order valence-corrected chi connectivity index (χ3v) is 4.12. The van der Waals surface area contributed by atoms with Gasteiger partial charge in [0.2, 0.25) is 0 Å². The van der Waals surface area contributed by atoms with Crippen LogP contribution in [-0.2, 0) is 0 Å². The van der Waals surface area contributed by atoms with E-state index in [1.54, 1.807) is 17.0 Å². The van der Waals surface area contributed by atoms with Crippen molar-refractivity contribution >= 4 is 5.82 Å². The van der Waals surface area contributed by atoms with E-state index in [0.29, 0.717) is 24.2 Å². The lowest BCUT2D eigenvalue weighted by atomic mass is 9.87. The quantitative estimate of drug-likeness (QED) is 0.892. The van der Waals surface area contributed by atoms with Crippen molar-refractivity contribution in [3.05, 3.63) is 22.7 Å². The molecule has 0 bridgehead atoms. The van der Waals surface area contributed by atoms with Gasteiger partial charge in [0, 0.05) is 31.5 Å². The van der Waals surface area contributed by atoms with Gasteiger partial charge in [-0.2, -0.15) is 0 Å². The van der Waals surface area contributed by atoms with Crippen LogP contribution in [-0.4, -0.2) is 29.2 Å². The highest BCUT2D eigenvalue weighted by Crippen LogP contribution is 2.24. The summed E-state index contributed by atoms with van der Waals surface area (Å²) in [5, 5.41) is 0. The van der Waals surface area contributed by atoms with Gasteiger partial charge in [-0.3, -0.25) is 4.79 Å². The van der Waals surface area contributed by atoms with Gasteiger partial charge in [-0.1, -0.05) is 6.92 Å². The SMILES string of the molecule is CC1CCN(c2nccn(C(C)C)c2=O)CC1CN. The van der Waals surface area contributed by atoms with E-state index < -0.39 is 0 Å². The van der Waals surface area contributed by atoms with E-state index in [9.17, 15) is 4.79 Å². The fraction of sp³-hybridized carbons (Fsp3) is 0.714. The molecule has 0 aliphatic carbocycles. The molecule has 0 aromatic carbocycles. The van der Waals surface area contributed by atoms with Gasteiger partial charge < -0.3 is 15.2 Å². The summed E-state index contributed by atoms with van der Waals surface area (Å²) >= 11 is 0. The molecule has 2 unspecified atom stereocenters. The second kappa shape index (κ2) is 5.74. The second-order valence-electron chi connectivity index (χ2n) is 5.76. The molecule has 2 rings (SSSR count). The third kappa shape index (κ3) is 2.81. The fourth-order valence-electron chi connectivity index (χ4n) is 2.69. The summed E-state index contributed by atoms with van der Waals surface area (Å²) < 4.78 is 1.73. The average molecular weight is 264 g/mol. The molecule has 1 aromatic heterocycles. The van der Waals surface area contributed by atoms with Gasteiger partial charge in [0.05, 0.1) is 0 Å². The predicted octanol–water partition coefficient (Wildman–Crippen LogP) is 1.25. The van der Waals surface area contributed by atoms with Crippen molar-refractivity contribution in [2.75, 3.05) is 24.5 Å². The van der Waals surface area contributed by atoms with Crippen LogP contribution in [0.25, 0.3) is 0 Å². The van der Waals surface area contributed by atoms with E-state index in [1.807, 2.05) is 13.8 Å². The van der Waals surface area contributed by atoms with Crippen molar-refractivity contribution in [1.82, 2.24) is 9.55 Å². The number of nitrogens with zero attached hydrogens (tertiary/aromatic N) is 3. The average Bonchev–Trinajstić information content (AvgIpc) is 2.39. The van der Waals surface area contributed by atoms with E-state index in [1.165, 1.54) is 0 Å². The van der Waals surface area contributed by atoms with Gasteiger partial charge in [-0.25, -0.2) is 4.98 Å². The minimum Gasteiger partial charge on any atom is -0.352 e. The first-order chi connectivity index (χ1) is 9.04. The topological polar surface area (TPSA) is 64.2 Å². The number of rotatable bonds is 3. The number of hydrogen-bond donors (Lipinski definition) is 1. The van der Waals surface area contributed by atoms with E-state index >= 15 is 0 Å². The Labute approximate surface area is 114 Å². The lowest BCUT2D eigenvalue weighted by Gasteiger charge is -2.37. The Bertz CT molecular complexity index is 483. The molecule has 19 heavy (non-hydrogen) atoms. The first kappa shape index (κ1) is 14.1. The zero-order valence-electron chi connectivity index (χ0n) is 12.0. The standard InChI is InChI=1S/C14H24N4O/c1-10(2)18-7-5-16-13(14(18)19)17-6-4-11(3)12(8-15)9-17/h5,7,10-12H,4,6,8-9,15H2,1-3H3. The summed E-state index contributed by atoms with van der Waals surface area (Å²) in [5.41, 5.74) is 5.82. The summed E-state index contributed by atoms with van der Waals surface area (Å²) in [4.78, 5) is 18.8. The molecular weight excluding hydrogens is 240 g/mol. The Morgan fingerprint density at radius 3 is 2.89 bits per heavy atom. The highest BCUT2D eigenvalue weighted by atomic mass is 16.1. The Morgan fingerprint density at radius 2 is 2.26 bits per heavy atom. The number of aromatic nitrogens is 2. The summed E-state index contributed by atoms with van der Waals surface area (Å²) in [7, 11) is 0. The normalized spacial score (nSPS) is 23.9. The summed E-state index contributed by atoms with van der Waals surface area (Å²) in [5.74, 6) is 1.64. The number of nitrogens with two attached hydrogens (primary N) is 1. The van der Waals surface area contributed by atoms with Crippen LogP contribution in [0.2, 0.25) is 0 Å². The third-order valence-electron chi connectivity index (χ3n) is 4.12. The molecule has 0 spiro atoms. The van der Waals surface area contributed by atoms with E-state index in [2.05, 4.69) is 16.8 Å². The van der Waals surface area contributed by atoms with E-state index in [-0.39, 0.29) is 11.6 Å². The summed E-state index contributed by atoms with van der Waals surface area (Å²) in [6.07, 6.45) is 4.54. The van der Waals surface area contributed by atoms with Gasteiger partial charge in [0.15, 0.2) is 5.82 Å². The van der Waals surface area contributed by atoms with Crippen molar-refractivity contribution in [1.29, 1.82) is 0 Å². The van der Waals surface area contributed by atoms with Crippen molar-refractivity contribution in [2.24, 2.45) is 17.6 Å². The molecule has 2 N–H and O–H groups in total. The molecule has 0 amide bonds. The summed E-state index contributed by atoms with van der Waals surface area (Å²) in [6, 6.07) is 0.156. The van der Waals surface area contributed by atoms with Gasteiger partial charge in [0.25, 0.3) is 5.56 Å². The smallest absolute Gasteiger partial charge is 0.293 e. The molecular formula is C14H24N4O. The first-order valence-electron chi connectivity index (χ1n) is 7.06. The van der Waals surface area contributed by atoms with Crippen LogP contribution in [0, 0.1) is 11.8 Å². The maximum atomic E-state index is 12.4. The lowest BCUT2D eigenvalue weighted by Crippen LogP contribution is -2.45. The maximum Gasteiger partial charge on any atom is 0.293 e.